The quantitative estimate of drug-likeness (QED) is 0.0173. The van der Waals surface area contributed by atoms with Crippen molar-refractivity contribution in [2.45, 2.75) is 147 Å². The van der Waals surface area contributed by atoms with Crippen molar-refractivity contribution in [2.24, 2.45) is 56.2 Å². The highest BCUT2D eigenvalue weighted by Gasteiger charge is 2.38. The predicted molar refractivity (Wildman–Crippen MR) is 275 cm³/mol. The number of phenols is 1. The van der Waals surface area contributed by atoms with Gasteiger partial charge in [0.05, 0.1) is 19.1 Å². The van der Waals surface area contributed by atoms with E-state index in [1.807, 2.05) is 0 Å². The number of carbonyl (C=O) groups excluding carboxylic acids is 9. The Hall–Kier alpha value is -7.86. The minimum atomic E-state index is -1.79. The van der Waals surface area contributed by atoms with Gasteiger partial charge in [0.1, 0.15) is 60.1 Å². The summed E-state index contributed by atoms with van der Waals surface area (Å²) in [4.78, 5) is 141. The molecule has 11 atom stereocenters. The Labute approximate surface area is 439 Å². The van der Waals surface area contributed by atoms with E-state index >= 15 is 0 Å². The van der Waals surface area contributed by atoms with Gasteiger partial charge in [0, 0.05) is 19.5 Å². The second-order valence-corrected chi connectivity index (χ2v) is 18.4. The highest BCUT2D eigenvalue weighted by Crippen LogP contribution is 2.15. The summed E-state index contributed by atoms with van der Waals surface area (Å²) in [5.74, 6) is -12.3. The maximum atomic E-state index is 14.3. The number of carboxylic acids is 1. The maximum absolute atomic E-state index is 14.3. The molecule has 0 spiro atoms. The second kappa shape index (κ2) is 33.1. The summed E-state index contributed by atoms with van der Waals surface area (Å²) >= 11 is 0. The number of aliphatic carboxylic acids is 1. The molecule has 0 saturated heterocycles. The van der Waals surface area contributed by atoms with Crippen LogP contribution >= 0.6 is 0 Å². The van der Waals surface area contributed by atoms with E-state index in [0.29, 0.717) is 5.56 Å². The Balaban J connectivity index is 3.56. The van der Waals surface area contributed by atoms with E-state index in [-0.39, 0.29) is 69.3 Å². The van der Waals surface area contributed by atoms with Crippen LogP contribution < -0.4 is 76.9 Å². The first-order valence-corrected chi connectivity index (χ1v) is 24.4. The van der Waals surface area contributed by atoms with E-state index in [9.17, 15) is 68.4 Å². The van der Waals surface area contributed by atoms with Gasteiger partial charge in [-0.2, -0.15) is 0 Å². The van der Waals surface area contributed by atoms with Crippen LogP contribution in [0.2, 0.25) is 0 Å². The number of amides is 9. The van der Waals surface area contributed by atoms with Crippen molar-refractivity contribution in [1.82, 2.24) is 42.5 Å². The largest absolute Gasteiger partial charge is 0.508 e. The monoisotopic (exact) mass is 1080 g/mol. The first-order chi connectivity index (χ1) is 35.5. The molecule has 0 aromatic heterocycles. The number of carbonyl (C=O) groups is 10. The fourth-order valence-electron chi connectivity index (χ4n) is 6.96. The van der Waals surface area contributed by atoms with Gasteiger partial charge in [-0.1, -0.05) is 46.2 Å². The third kappa shape index (κ3) is 24.0. The van der Waals surface area contributed by atoms with Crippen molar-refractivity contribution < 1.29 is 68.4 Å². The number of nitrogens with one attached hydrogen (secondary N) is 8. The van der Waals surface area contributed by atoms with E-state index in [0.717, 1.165) is 6.92 Å². The summed E-state index contributed by atoms with van der Waals surface area (Å²) in [5, 5.41) is 58.9. The first-order valence-electron chi connectivity index (χ1n) is 24.4. The van der Waals surface area contributed by atoms with Gasteiger partial charge < -0.3 is 97.4 Å². The molecule has 426 valence electrons. The number of hydrogen-bond donors (Lipinski definition) is 18. The number of aliphatic hydroxyl groups excluding tert-OH is 2. The number of nitrogens with two attached hydrogens (primary N) is 6. The number of hydrogen-bond acceptors (Lipinski definition) is 16. The zero-order valence-corrected chi connectivity index (χ0v) is 43.5. The lowest BCUT2D eigenvalue weighted by Gasteiger charge is -2.31. The van der Waals surface area contributed by atoms with Crippen LogP contribution in [-0.2, 0) is 54.4 Å². The summed E-state index contributed by atoms with van der Waals surface area (Å²) < 4.78 is 0. The standard InChI is InChI=1S/C46H78N16O14/c1-7-22(4)34(61-40(71)31(19-32(48)66)58-38(69)29(11-9-17-54-46(51)52)56-36(67)27(47)20-63)42(73)60-33(21(2)3)41(72)59-30(18-25-12-14-26(65)15-13-25)39(70)62-35(24(6)64)43(74)57-28(10-8-16-53-45(49)50)37(68)55-23(5)44(75)76/h12-15,21-24,27-31,33-35,63-65H,7-11,16-20,47H2,1-6H3,(H2,48,66)(H,55,68)(H,56,67)(H,57,74)(H,58,69)(H,59,72)(H,60,73)(H,61,71)(H,62,70)(H,75,76)(H4,49,50,53)(H4,51,52,54)/t22-,23-,24+,27-,28-,29-,30-,31-,33-,34-,35-/m0/s1. The van der Waals surface area contributed by atoms with Crippen LogP contribution in [0.25, 0.3) is 0 Å². The van der Waals surface area contributed by atoms with Crippen LogP contribution in [0.5, 0.6) is 5.75 Å². The molecule has 0 heterocycles. The summed E-state index contributed by atoms with van der Waals surface area (Å²) in [5.41, 5.74) is 33.0. The van der Waals surface area contributed by atoms with Crippen LogP contribution in [0.4, 0.5) is 0 Å². The highest BCUT2D eigenvalue weighted by atomic mass is 16.4. The number of rotatable bonds is 34. The van der Waals surface area contributed by atoms with Gasteiger partial charge in [0.15, 0.2) is 11.9 Å². The molecule has 0 fully saturated rings. The Kier molecular flexibility index (Phi) is 28.8. The molecule has 1 aromatic rings. The van der Waals surface area contributed by atoms with E-state index in [2.05, 4.69) is 52.5 Å². The number of nitrogens with zero attached hydrogens (tertiary/aromatic N) is 2. The maximum Gasteiger partial charge on any atom is 0.325 e. The van der Waals surface area contributed by atoms with E-state index < -0.39 is 144 Å². The molecule has 0 saturated carbocycles. The molecule has 0 aliphatic heterocycles. The van der Waals surface area contributed by atoms with Crippen molar-refractivity contribution in [3.05, 3.63) is 29.8 Å². The summed E-state index contributed by atoms with van der Waals surface area (Å²) in [6.07, 6.45) is -2.43. The number of benzene rings is 1. The Bertz CT molecular complexity index is 2210. The molecule has 0 aliphatic carbocycles. The lowest BCUT2D eigenvalue weighted by atomic mass is 9.95. The number of aliphatic hydroxyl groups is 2. The van der Waals surface area contributed by atoms with Gasteiger partial charge in [0.2, 0.25) is 53.2 Å². The molecular weight excluding hydrogens is 1000 g/mol. The first kappa shape index (κ1) is 66.2. The zero-order valence-electron chi connectivity index (χ0n) is 43.5. The number of aliphatic imine (C=N–C) groups is 2. The van der Waals surface area contributed by atoms with Crippen LogP contribution in [0, 0.1) is 11.8 Å². The fraction of sp³-hybridized carbons (Fsp3) is 0.609. The minimum absolute atomic E-state index is 0.0200. The van der Waals surface area contributed by atoms with E-state index in [4.69, 9.17) is 34.4 Å². The smallest absolute Gasteiger partial charge is 0.325 e. The molecule has 30 heteroatoms. The molecule has 9 amide bonds. The average molecular weight is 1080 g/mol. The number of guanidine groups is 2. The summed E-state index contributed by atoms with van der Waals surface area (Å²) in [7, 11) is 0. The fourth-order valence-corrected chi connectivity index (χ4v) is 6.96. The Morgan fingerprint density at radius 3 is 1.45 bits per heavy atom. The third-order valence-electron chi connectivity index (χ3n) is 11.6. The van der Waals surface area contributed by atoms with Crippen molar-refractivity contribution >= 4 is 71.1 Å². The zero-order chi connectivity index (χ0) is 58.0. The summed E-state index contributed by atoms with van der Waals surface area (Å²) in [6, 6.07) is -8.06. The molecule has 76 heavy (non-hydrogen) atoms. The molecule has 24 N–H and O–H groups in total. The van der Waals surface area contributed by atoms with Crippen molar-refractivity contribution in [1.29, 1.82) is 0 Å². The van der Waals surface area contributed by atoms with E-state index in [1.54, 1.807) is 27.7 Å². The molecule has 1 aromatic carbocycles. The predicted octanol–water partition coefficient (Wildman–Crippen LogP) is -6.70. The molecule has 30 nitrogen and oxygen atoms in total. The molecule has 0 aliphatic rings. The Morgan fingerprint density at radius 1 is 0.566 bits per heavy atom. The van der Waals surface area contributed by atoms with Crippen molar-refractivity contribution in [3.63, 3.8) is 0 Å². The van der Waals surface area contributed by atoms with Gasteiger partial charge in [-0.25, -0.2) is 0 Å². The van der Waals surface area contributed by atoms with Gasteiger partial charge in [-0.15, -0.1) is 0 Å². The highest BCUT2D eigenvalue weighted by molar-refractivity contribution is 5.99. The average Bonchev–Trinajstić information content (AvgIpc) is 3.34. The lowest BCUT2D eigenvalue weighted by molar-refractivity contribution is -0.142. The molecule has 0 bridgehead atoms. The SMILES string of the molecule is CC[C@H](C)[C@H](NC(=O)[C@H](CC(N)=O)NC(=O)[C@H](CCCN=C(N)N)NC(=O)[C@@H](N)CO)C(=O)N[C@H](C(=O)N[C@@H](Cc1ccc(O)cc1)C(=O)N[C@H](C(=O)N[C@@H](CCCN=C(N)N)C(=O)N[C@@H](C)C(=O)O)[C@@H](C)O)C(C)C. The van der Waals surface area contributed by atoms with Crippen LogP contribution in [0.3, 0.4) is 0 Å². The molecular formula is C46H78N16O14. The van der Waals surface area contributed by atoms with Gasteiger partial charge in [-0.3, -0.25) is 57.9 Å². The second-order valence-electron chi connectivity index (χ2n) is 18.4. The van der Waals surface area contributed by atoms with Gasteiger partial charge in [0.25, 0.3) is 0 Å². The number of primary amides is 1. The normalized spacial score (nSPS) is 15.3. The van der Waals surface area contributed by atoms with Crippen molar-refractivity contribution in [2.75, 3.05) is 19.7 Å². The number of aromatic hydroxyl groups is 1. The molecule has 1 rings (SSSR count). The lowest BCUT2D eigenvalue weighted by Crippen LogP contribution is -2.63. The number of carboxylic acid groups (broad SMARTS) is 1. The Morgan fingerprint density at radius 2 is 0.987 bits per heavy atom. The van der Waals surface area contributed by atoms with Gasteiger partial charge in [-0.05, 0) is 69.1 Å². The topological polar surface area (TPSA) is 529 Å². The van der Waals surface area contributed by atoms with Crippen LogP contribution in [0.1, 0.15) is 85.6 Å². The molecule has 0 radical (unpaired) electrons. The molecule has 0 unspecified atom stereocenters. The van der Waals surface area contributed by atoms with Crippen LogP contribution in [0.15, 0.2) is 34.3 Å². The van der Waals surface area contributed by atoms with Crippen LogP contribution in [-0.4, -0.2) is 172 Å². The van der Waals surface area contributed by atoms with Crippen molar-refractivity contribution in [3.8, 4) is 5.75 Å². The number of phenolic OH excluding ortho intramolecular Hbond substituents is 1. The van der Waals surface area contributed by atoms with Gasteiger partial charge >= 0.3 is 5.97 Å². The minimum Gasteiger partial charge on any atom is -0.508 e. The summed E-state index contributed by atoms with van der Waals surface area (Å²) in [6.45, 7) is 8.03. The van der Waals surface area contributed by atoms with E-state index in [1.165, 1.54) is 31.2 Å². The third-order valence-corrected chi connectivity index (χ3v) is 11.6.